The van der Waals surface area contributed by atoms with Gasteiger partial charge >= 0.3 is 0 Å². The lowest BCUT2D eigenvalue weighted by atomic mass is 10.1. The number of carbonyl (C=O) groups excluding carboxylic acids is 1. The minimum absolute atomic E-state index is 0.0635. The molecule has 0 aliphatic heterocycles. The number of nitrogens with one attached hydrogen (secondary N) is 2. The Bertz CT molecular complexity index is 687. The van der Waals surface area contributed by atoms with E-state index in [2.05, 4.69) is 17.6 Å². The average molecular weight is 322 g/mol. The number of halogens is 3. The summed E-state index contributed by atoms with van der Waals surface area (Å²) in [4.78, 5) is 11.7. The van der Waals surface area contributed by atoms with E-state index in [1.54, 1.807) is 0 Å². The fourth-order valence-electron chi connectivity index (χ4n) is 2.01. The van der Waals surface area contributed by atoms with Crippen LogP contribution >= 0.6 is 0 Å². The highest BCUT2D eigenvalue weighted by atomic mass is 19.2. The lowest BCUT2D eigenvalue weighted by Gasteiger charge is -2.09. The first-order valence-electron chi connectivity index (χ1n) is 7.27. The molecule has 1 amide bonds. The van der Waals surface area contributed by atoms with Crippen molar-refractivity contribution < 1.29 is 18.0 Å². The molecule has 0 unspecified atom stereocenters. The molecule has 2 N–H and O–H groups in total. The van der Waals surface area contributed by atoms with Crippen molar-refractivity contribution in [3.8, 4) is 0 Å². The second kappa shape index (κ2) is 7.67. The van der Waals surface area contributed by atoms with E-state index in [1.165, 1.54) is 5.56 Å². The van der Waals surface area contributed by atoms with Crippen LogP contribution in [0.4, 0.5) is 24.5 Å². The molecule has 0 atom stereocenters. The number of hydrogen-bond donors (Lipinski definition) is 2. The van der Waals surface area contributed by atoms with Gasteiger partial charge in [0.15, 0.2) is 17.5 Å². The van der Waals surface area contributed by atoms with Crippen LogP contribution < -0.4 is 10.6 Å². The van der Waals surface area contributed by atoms with Crippen molar-refractivity contribution >= 4 is 17.3 Å². The number of amides is 1. The van der Waals surface area contributed by atoms with Gasteiger partial charge in [-0.05, 0) is 36.2 Å². The van der Waals surface area contributed by atoms with Crippen molar-refractivity contribution in [3.05, 3.63) is 59.4 Å². The van der Waals surface area contributed by atoms with Gasteiger partial charge in [0.1, 0.15) is 0 Å². The summed E-state index contributed by atoms with van der Waals surface area (Å²) in [6.07, 6.45) is 1.01. The molecule has 0 heterocycles. The minimum atomic E-state index is -1.60. The fourth-order valence-corrected chi connectivity index (χ4v) is 2.01. The van der Waals surface area contributed by atoms with E-state index in [0.717, 1.165) is 24.2 Å². The maximum atomic E-state index is 13.4. The topological polar surface area (TPSA) is 41.1 Å². The highest BCUT2D eigenvalue weighted by molar-refractivity contribution is 5.91. The first-order chi connectivity index (χ1) is 11.0. The van der Waals surface area contributed by atoms with Crippen LogP contribution in [-0.4, -0.2) is 12.5 Å². The van der Waals surface area contributed by atoms with Gasteiger partial charge in [0, 0.05) is 18.7 Å². The highest BCUT2D eigenvalue weighted by Crippen LogP contribution is 2.19. The number of carbonyl (C=O) groups is 1. The average Bonchev–Trinajstić information content (AvgIpc) is 2.56. The SMILES string of the molecule is CCc1ccc(NCCC(=O)Nc2ccc(F)c(F)c2F)cc1. The van der Waals surface area contributed by atoms with Gasteiger partial charge in [0.05, 0.1) is 5.69 Å². The van der Waals surface area contributed by atoms with E-state index < -0.39 is 23.4 Å². The number of aryl methyl sites for hydroxylation is 1. The summed E-state index contributed by atoms with van der Waals surface area (Å²) in [5, 5.41) is 5.28. The normalized spacial score (nSPS) is 10.4. The summed E-state index contributed by atoms with van der Waals surface area (Å²) in [5.41, 5.74) is 1.71. The van der Waals surface area contributed by atoms with Gasteiger partial charge in [-0.25, -0.2) is 13.2 Å². The molecule has 23 heavy (non-hydrogen) atoms. The van der Waals surface area contributed by atoms with Gasteiger partial charge < -0.3 is 10.6 Å². The second-order valence-electron chi connectivity index (χ2n) is 5.00. The van der Waals surface area contributed by atoms with Crippen molar-refractivity contribution in [3.63, 3.8) is 0 Å². The Kier molecular flexibility index (Phi) is 5.62. The first kappa shape index (κ1) is 16.9. The summed E-state index contributed by atoms with van der Waals surface area (Å²) >= 11 is 0. The van der Waals surface area contributed by atoms with Crippen LogP contribution in [0.3, 0.4) is 0 Å². The standard InChI is InChI=1S/C17H17F3N2O/c1-2-11-3-5-12(6-4-11)21-10-9-15(23)22-14-8-7-13(18)16(19)17(14)20/h3-8,21H,2,9-10H2,1H3,(H,22,23). The monoisotopic (exact) mass is 322 g/mol. The molecule has 3 nitrogen and oxygen atoms in total. The van der Waals surface area contributed by atoms with E-state index in [-0.39, 0.29) is 12.1 Å². The lowest BCUT2D eigenvalue weighted by molar-refractivity contribution is -0.116. The summed E-state index contributed by atoms with van der Waals surface area (Å²) in [6, 6.07) is 9.54. The Morgan fingerprint density at radius 3 is 2.35 bits per heavy atom. The van der Waals surface area contributed by atoms with E-state index in [9.17, 15) is 18.0 Å². The third-order valence-electron chi connectivity index (χ3n) is 3.35. The van der Waals surface area contributed by atoms with Crippen LogP contribution in [0.1, 0.15) is 18.9 Å². The predicted molar refractivity (Wildman–Crippen MR) is 83.9 cm³/mol. The van der Waals surface area contributed by atoms with Crippen LogP contribution in [0, 0.1) is 17.5 Å². The Morgan fingerprint density at radius 1 is 1.00 bits per heavy atom. The van der Waals surface area contributed by atoms with Crippen LogP contribution in [0.5, 0.6) is 0 Å². The van der Waals surface area contributed by atoms with Crippen LogP contribution in [0.2, 0.25) is 0 Å². The summed E-state index contributed by atoms with van der Waals surface area (Å²) in [7, 11) is 0. The van der Waals surface area contributed by atoms with E-state index in [1.807, 2.05) is 24.3 Å². The Balaban J connectivity index is 1.84. The van der Waals surface area contributed by atoms with Crippen LogP contribution in [-0.2, 0) is 11.2 Å². The highest BCUT2D eigenvalue weighted by Gasteiger charge is 2.14. The van der Waals surface area contributed by atoms with Crippen molar-refractivity contribution in [2.24, 2.45) is 0 Å². The zero-order chi connectivity index (χ0) is 16.8. The molecule has 0 saturated heterocycles. The van der Waals surface area contributed by atoms with Crippen molar-refractivity contribution in [1.29, 1.82) is 0 Å². The van der Waals surface area contributed by atoms with Gasteiger partial charge in [-0.3, -0.25) is 4.79 Å². The third kappa shape index (κ3) is 4.48. The Labute approximate surface area is 132 Å². The van der Waals surface area contributed by atoms with Crippen LogP contribution in [0.25, 0.3) is 0 Å². The maximum Gasteiger partial charge on any atom is 0.226 e. The molecule has 0 aliphatic carbocycles. The molecular weight excluding hydrogens is 305 g/mol. The number of hydrogen-bond acceptors (Lipinski definition) is 2. The summed E-state index contributed by atoms with van der Waals surface area (Å²) in [5.74, 6) is -4.79. The van der Waals surface area contributed by atoms with Gasteiger partial charge in [0.25, 0.3) is 0 Å². The molecule has 0 spiro atoms. The molecule has 2 aromatic carbocycles. The van der Waals surface area contributed by atoms with Crippen molar-refractivity contribution in [2.75, 3.05) is 17.2 Å². The molecule has 6 heteroatoms. The Morgan fingerprint density at radius 2 is 1.70 bits per heavy atom. The smallest absolute Gasteiger partial charge is 0.226 e. The number of anilines is 2. The molecule has 2 aromatic rings. The van der Waals surface area contributed by atoms with E-state index in [4.69, 9.17) is 0 Å². The summed E-state index contributed by atoms with van der Waals surface area (Å²) in [6.45, 7) is 2.40. The molecule has 122 valence electrons. The van der Waals surface area contributed by atoms with Gasteiger partial charge in [-0.2, -0.15) is 0 Å². The zero-order valence-corrected chi connectivity index (χ0v) is 12.6. The van der Waals surface area contributed by atoms with Crippen LogP contribution in [0.15, 0.2) is 36.4 Å². The quantitative estimate of drug-likeness (QED) is 0.786. The third-order valence-corrected chi connectivity index (χ3v) is 3.35. The van der Waals surface area contributed by atoms with Crippen molar-refractivity contribution in [1.82, 2.24) is 0 Å². The molecular formula is C17H17F3N2O. The fraction of sp³-hybridized carbons (Fsp3) is 0.235. The molecule has 0 aromatic heterocycles. The largest absolute Gasteiger partial charge is 0.385 e. The predicted octanol–water partition coefficient (Wildman–Crippen LogP) is 4.11. The minimum Gasteiger partial charge on any atom is -0.385 e. The lowest BCUT2D eigenvalue weighted by Crippen LogP contribution is -2.17. The van der Waals surface area contributed by atoms with Crippen molar-refractivity contribution in [2.45, 2.75) is 19.8 Å². The van der Waals surface area contributed by atoms with Gasteiger partial charge in [-0.1, -0.05) is 19.1 Å². The number of rotatable bonds is 6. The molecule has 0 saturated carbocycles. The molecule has 2 rings (SSSR count). The van der Waals surface area contributed by atoms with E-state index >= 15 is 0 Å². The first-order valence-corrected chi connectivity index (χ1v) is 7.27. The maximum absolute atomic E-state index is 13.4. The molecule has 0 aliphatic rings. The summed E-state index contributed by atoms with van der Waals surface area (Å²) < 4.78 is 39.3. The van der Waals surface area contributed by atoms with E-state index in [0.29, 0.717) is 6.54 Å². The second-order valence-corrected chi connectivity index (χ2v) is 5.00. The molecule has 0 fully saturated rings. The number of benzene rings is 2. The zero-order valence-electron chi connectivity index (χ0n) is 12.6. The van der Waals surface area contributed by atoms with Gasteiger partial charge in [-0.15, -0.1) is 0 Å². The Hall–Kier alpha value is -2.50. The molecule has 0 bridgehead atoms. The van der Waals surface area contributed by atoms with Gasteiger partial charge in [0.2, 0.25) is 5.91 Å². The molecule has 0 radical (unpaired) electrons.